The summed E-state index contributed by atoms with van der Waals surface area (Å²) < 4.78 is 15.2. The van der Waals surface area contributed by atoms with E-state index in [1.165, 1.54) is 6.07 Å². The fraction of sp³-hybridized carbons (Fsp3) is 0.278. The lowest BCUT2D eigenvalue weighted by molar-refractivity contribution is 0.0733. The van der Waals surface area contributed by atoms with E-state index in [0.717, 1.165) is 35.5 Å². The first kappa shape index (κ1) is 17.8. The average Bonchev–Trinajstić information content (AvgIpc) is 3.39. The van der Waals surface area contributed by atoms with Gasteiger partial charge in [-0.15, -0.1) is 15.3 Å². The van der Waals surface area contributed by atoms with Crippen LogP contribution < -0.4 is 9.47 Å². The lowest BCUT2D eigenvalue weighted by Gasteiger charge is -2.14. The maximum Gasteiger partial charge on any atom is 0.357 e. The zero-order valence-corrected chi connectivity index (χ0v) is 16.2. The highest BCUT2D eigenvalue weighted by Gasteiger charge is 2.28. The van der Waals surface area contributed by atoms with E-state index < -0.39 is 5.97 Å². The average molecular weight is 403 g/mol. The molecule has 1 saturated carbocycles. The van der Waals surface area contributed by atoms with Crippen LogP contribution in [0.2, 0.25) is 5.15 Å². The summed E-state index contributed by atoms with van der Waals surface area (Å²) in [5, 5.41) is 11.7. The minimum Gasteiger partial charge on any atom is -0.434 e. The van der Waals surface area contributed by atoms with E-state index in [1.807, 2.05) is 25.1 Å². The number of esters is 1. The predicted octanol–water partition coefficient (Wildman–Crippen LogP) is 4.49. The van der Waals surface area contributed by atoms with Crippen LogP contribution >= 0.6 is 23.1 Å². The van der Waals surface area contributed by atoms with Crippen LogP contribution in [0.25, 0.3) is 0 Å². The lowest BCUT2D eigenvalue weighted by atomic mass is 10.1. The molecule has 1 aromatic carbocycles. The minimum atomic E-state index is -0.594. The monoisotopic (exact) mass is 402 g/mol. The Labute approximate surface area is 164 Å². The highest BCUT2D eigenvalue weighted by atomic mass is 35.5. The summed E-state index contributed by atoms with van der Waals surface area (Å²) in [6, 6.07) is 7.41. The maximum absolute atomic E-state index is 12.4. The zero-order valence-electron chi connectivity index (χ0n) is 14.6. The van der Waals surface area contributed by atoms with Gasteiger partial charge in [-0.1, -0.05) is 34.3 Å². The molecule has 0 saturated heterocycles. The number of benzene rings is 1. The van der Waals surface area contributed by atoms with E-state index in [-0.39, 0.29) is 16.8 Å². The standard InChI is InChI=1S/C18H15ClN4O3S/c1-9-4-3-5-12(11-6-7-11)15(9)26-17-13(8-14(19)21-22-17)25-18(24)16-10(2)20-23-27-16/h3-5,8,11H,6-7H2,1-2H3. The van der Waals surface area contributed by atoms with Gasteiger partial charge >= 0.3 is 5.97 Å². The molecule has 7 nitrogen and oxygen atoms in total. The zero-order chi connectivity index (χ0) is 19.0. The molecule has 0 N–H and O–H groups in total. The highest BCUT2D eigenvalue weighted by Crippen LogP contribution is 2.46. The molecule has 0 bridgehead atoms. The van der Waals surface area contributed by atoms with Gasteiger partial charge in [0.1, 0.15) is 5.75 Å². The van der Waals surface area contributed by atoms with Crippen LogP contribution in [0, 0.1) is 13.8 Å². The number of hydrogen-bond donors (Lipinski definition) is 0. The number of hydrogen-bond acceptors (Lipinski definition) is 8. The van der Waals surface area contributed by atoms with Crippen LogP contribution in [-0.4, -0.2) is 25.8 Å². The molecular formula is C18H15ClN4O3S. The van der Waals surface area contributed by atoms with Crippen molar-refractivity contribution in [3.05, 3.63) is 51.1 Å². The summed E-state index contributed by atoms with van der Waals surface area (Å²) in [5.41, 5.74) is 2.58. The normalized spacial score (nSPS) is 13.4. The summed E-state index contributed by atoms with van der Waals surface area (Å²) in [7, 11) is 0. The third-order valence-corrected chi connectivity index (χ3v) is 5.19. The van der Waals surface area contributed by atoms with E-state index in [0.29, 0.717) is 22.2 Å². The van der Waals surface area contributed by atoms with Crippen molar-refractivity contribution in [2.75, 3.05) is 0 Å². The van der Waals surface area contributed by atoms with Crippen molar-refractivity contribution in [1.29, 1.82) is 0 Å². The summed E-state index contributed by atoms with van der Waals surface area (Å²) >= 11 is 6.90. The molecule has 0 atom stereocenters. The molecule has 1 aliphatic rings. The quantitative estimate of drug-likeness (QED) is 0.581. The van der Waals surface area contributed by atoms with Gasteiger partial charge in [0.15, 0.2) is 15.8 Å². The van der Waals surface area contributed by atoms with Crippen LogP contribution in [0.1, 0.15) is 45.3 Å². The van der Waals surface area contributed by atoms with Crippen molar-refractivity contribution in [3.8, 4) is 17.4 Å². The topological polar surface area (TPSA) is 87.1 Å². The second-order valence-corrected chi connectivity index (χ2v) is 7.42. The van der Waals surface area contributed by atoms with Gasteiger partial charge in [-0.05, 0) is 55.3 Å². The molecule has 4 rings (SSSR count). The van der Waals surface area contributed by atoms with Gasteiger partial charge in [0.2, 0.25) is 0 Å². The third kappa shape index (κ3) is 3.77. The Morgan fingerprint density at radius 3 is 2.74 bits per heavy atom. The highest BCUT2D eigenvalue weighted by molar-refractivity contribution is 7.07. The number of carbonyl (C=O) groups excluding carboxylic acids is 1. The maximum atomic E-state index is 12.4. The largest absolute Gasteiger partial charge is 0.434 e. The molecule has 0 amide bonds. The van der Waals surface area contributed by atoms with E-state index in [2.05, 4.69) is 19.8 Å². The number of carbonyl (C=O) groups is 1. The number of nitrogens with zero attached hydrogens (tertiary/aromatic N) is 4. The molecule has 0 aliphatic heterocycles. The minimum absolute atomic E-state index is 0.0825. The molecule has 2 aromatic heterocycles. The first-order valence-corrected chi connectivity index (χ1v) is 9.50. The predicted molar refractivity (Wildman–Crippen MR) is 99.9 cm³/mol. The SMILES string of the molecule is Cc1cccc(C2CC2)c1Oc1nnc(Cl)cc1OC(=O)c1snnc1C. The molecule has 27 heavy (non-hydrogen) atoms. The Kier molecular flexibility index (Phi) is 4.75. The molecule has 2 heterocycles. The lowest BCUT2D eigenvalue weighted by Crippen LogP contribution is -2.10. The second-order valence-electron chi connectivity index (χ2n) is 6.28. The van der Waals surface area contributed by atoms with Gasteiger partial charge in [0.05, 0.1) is 5.69 Å². The summed E-state index contributed by atoms with van der Waals surface area (Å²) in [6.45, 7) is 3.65. The van der Waals surface area contributed by atoms with Crippen LogP contribution in [0.15, 0.2) is 24.3 Å². The van der Waals surface area contributed by atoms with Crippen LogP contribution in [0.5, 0.6) is 17.4 Å². The van der Waals surface area contributed by atoms with Gasteiger partial charge < -0.3 is 9.47 Å². The Morgan fingerprint density at radius 1 is 1.22 bits per heavy atom. The molecule has 0 radical (unpaired) electrons. The van der Waals surface area contributed by atoms with Gasteiger partial charge in [-0.25, -0.2) is 4.79 Å². The molecule has 1 fully saturated rings. The number of ether oxygens (including phenoxy) is 2. The van der Waals surface area contributed by atoms with Crippen molar-refractivity contribution in [2.24, 2.45) is 0 Å². The number of aromatic nitrogens is 4. The van der Waals surface area contributed by atoms with Crippen molar-refractivity contribution >= 4 is 29.1 Å². The molecule has 138 valence electrons. The van der Waals surface area contributed by atoms with Crippen molar-refractivity contribution in [1.82, 2.24) is 19.8 Å². The van der Waals surface area contributed by atoms with Crippen molar-refractivity contribution in [3.63, 3.8) is 0 Å². The van der Waals surface area contributed by atoms with Crippen LogP contribution in [0.3, 0.4) is 0 Å². The smallest absolute Gasteiger partial charge is 0.357 e. The fourth-order valence-electron chi connectivity index (χ4n) is 2.68. The first-order valence-electron chi connectivity index (χ1n) is 8.34. The van der Waals surface area contributed by atoms with Crippen LogP contribution in [0.4, 0.5) is 0 Å². The summed E-state index contributed by atoms with van der Waals surface area (Å²) in [6.07, 6.45) is 2.26. The number of rotatable bonds is 5. The molecule has 0 spiro atoms. The second kappa shape index (κ2) is 7.21. The molecule has 9 heteroatoms. The van der Waals surface area contributed by atoms with Gasteiger partial charge in [0.25, 0.3) is 5.88 Å². The molecule has 1 aliphatic carbocycles. The number of para-hydroxylation sites is 1. The molecule has 0 unspecified atom stereocenters. The number of halogens is 1. The fourth-order valence-corrected chi connectivity index (χ4v) is 3.35. The van der Waals surface area contributed by atoms with Gasteiger partial charge in [-0.2, -0.15) is 0 Å². The van der Waals surface area contributed by atoms with Crippen molar-refractivity contribution in [2.45, 2.75) is 32.6 Å². The summed E-state index contributed by atoms with van der Waals surface area (Å²) in [5.74, 6) is 0.780. The van der Waals surface area contributed by atoms with E-state index in [9.17, 15) is 4.79 Å². The molecule has 3 aromatic rings. The Bertz CT molecular complexity index is 1020. The molecular weight excluding hydrogens is 388 g/mol. The van der Waals surface area contributed by atoms with Gasteiger partial charge in [0, 0.05) is 6.07 Å². The Morgan fingerprint density at radius 2 is 2.04 bits per heavy atom. The first-order chi connectivity index (χ1) is 13.0. The van der Waals surface area contributed by atoms with E-state index in [1.54, 1.807) is 6.92 Å². The third-order valence-electron chi connectivity index (χ3n) is 4.20. The van der Waals surface area contributed by atoms with Gasteiger partial charge in [-0.3, -0.25) is 0 Å². The van der Waals surface area contributed by atoms with E-state index >= 15 is 0 Å². The Balaban J connectivity index is 1.67. The number of aryl methyl sites for hydroxylation is 2. The van der Waals surface area contributed by atoms with Crippen molar-refractivity contribution < 1.29 is 14.3 Å². The van der Waals surface area contributed by atoms with E-state index in [4.69, 9.17) is 21.1 Å². The Hall–Kier alpha value is -2.58. The van der Waals surface area contributed by atoms with Crippen LogP contribution in [-0.2, 0) is 0 Å². The summed E-state index contributed by atoms with van der Waals surface area (Å²) in [4.78, 5) is 12.7.